The summed E-state index contributed by atoms with van der Waals surface area (Å²) in [5.41, 5.74) is 0.392. The highest BCUT2D eigenvalue weighted by molar-refractivity contribution is 5.46. The van der Waals surface area contributed by atoms with E-state index < -0.39 is 0 Å². The van der Waals surface area contributed by atoms with E-state index in [4.69, 9.17) is 4.74 Å². The Morgan fingerprint density at radius 2 is 1.75 bits per heavy atom. The lowest BCUT2D eigenvalue weighted by Crippen LogP contribution is -2.40. The van der Waals surface area contributed by atoms with E-state index >= 15 is 0 Å². The standard InChI is InChI=1S/C17H26FN5O/c1-21-5-2-17(3-6-21)4-7-23(13-17)16-19-12-14(18)15(20-16)22-8-10-24-11-9-22/h12H,2-11,13H2,1H3. The zero-order chi connectivity index (χ0) is 16.6. The summed E-state index contributed by atoms with van der Waals surface area (Å²) < 4.78 is 19.6. The molecule has 1 aromatic heterocycles. The van der Waals surface area contributed by atoms with Crippen LogP contribution in [-0.4, -0.2) is 74.4 Å². The Hall–Kier alpha value is -1.47. The SMILES string of the molecule is CN1CCC2(CC1)CCN(c1ncc(F)c(N3CCOCC3)n1)C2. The Balaban J connectivity index is 1.50. The minimum atomic E-state index is -0.339. The lowest BCUT2D eigenvalue weighted by Gasteiger charge is -2.37. The van der Waals surface area contributed by atoms with Crippen LogP contribution in [0, 0.1) is 11.2 Å². The molecule has 3 saturated heterocycles. The number of ether oxygens (including phenoxy) is 1. The first-order valence-electron chi connectivity index (χ1n) is 8.94. The number of nitrogens with zero attached hydrogens (tertiary/aromatic N) is 5. The molecule has 0 saturated carbocycles. The molecule has 132 valence electrons. The third-order valence-corrected chi connectivity index (χ3v) is 5.79. The lowest BCUT2D eigenvalue weighted by atomic mass is 9.78. The fraction of sp³-hybridized carbons (Fsp3) is 0.765. The van der Waals surface area contributed by atoms with Crippen LogP contribution in [0.2, 0.25) is 0 Å². The van der Waals surface area contributed by atoms with E-state index in [0.29, 0.717) is 43.5 Å². The van der Waals surface area contributed by atoms with E-state index in [9.17, 15) is 4.39 Å². The Labute approximate surface area is 142 Å². The number of likely N-dealkylation sites (tertiary alicyclic amines) is 1. The van der Waals surface area contributed by atoms with Gasteiger partial charge >= 0.3 is 0 Å². The van der Waals surface area contributed by atoms with Gasteiger partial charge in [-0.2, -0.15) is 4.98 Å². The number of hydrogen-bond acceptors (Lipinski definition) is 6. The number of hydrogen-bond donors (Lipinski definition) is 0. The van der Waals surface area contributed by atoms with Gasteiger partial charge in [-0.15, -0.1) is 0 Å². The van der Waals surface area contributed by atoms with Crippen molar-refractivity contribution in [3.8, 4) is 0 Å². The van der Waals surface area contributed by atoms with Crippen LogP contribution in [0.15, 0.2) is 6.20 Å². The van der Waals surface area contributed by atoms with Gasteiger partial charge in [0.15, 0.2) is 11.6 Å². The molecule has 1 aromatic rings. The Kier molecular flexibility index (Phi) is 4.30. The zero-order valence-corrected chi connectivity index (χ0v) is 14.4. The molecule has 7 heteroatoms. The first-order valence-corrected chi connectivity index (χ1v) is 8.94. The molecule has 0 aromatic carbocycles. The van der Waals surface area contributed by atoms with Crippen LogP contribution < -0.4 is 9.80 Å². The first-order chi connectivity index (χ1) is 11.7. The second-order valence-electron chi connectivity index (χ2n) is 7.42. The van der Waals surface area contributed by atoms with Crippen LogP contribution in [0.4, 0.5) is 16.2 Å². The summed E-state index contributed by atoms with van der Waals surface area (Å²) in [6.45, 7) is 6.91. The molecule has 0 N–H and O–H groups in total. The predicted molar refractivity (Wildman–Crippen MR) is 91.0 cm³/mol. The van der Waals surface area contributed by atoms with Crippen molar-refractivity contribution in [3.63, 3.8) is 0 Å². The Bertz CT molecular complexity index is 584. The van der Waals surface area contributed by atoms with E-state index in [0.717, 1.165) is 26.2 Å². The van der Waals surface area contributed by atoms with E-state index in [1.54, 1.807) is 0 Å². The average Bonchev–Trinajstić information content (AvgIpc) is 3.03. The topological polar surface area (TPSA) is 44.7 Å². The van der Waals surface area contributed by atoms with Gasteiger partial charge in [0.1, 0.15) is 0 Å². The molecule has 3 aliphatic rings. The molecule has 0 atom stereocenters. The van der Waals surface area contributed by atoms with Crippen LogP contribution in [0.3, 0.4) is 0 Å². The molecule has 3 fully saturated rings. The minimum absolute atomic E-state index is 0.339. The highest BCUT2D eigenvalue weighted by Gasteiger charge is 2.41. The van der Waals surface area contributed by atoms with Gasteiger partial charge < -0.3 is 19.4 Å². The molecule has 4 heterocycles. The van der Waals surface area contributed by atoms with Gasteiger partial charge in [-0.1, -0.05) is 0 Å². The van der Waals surface area contributed by atoms with E-state index in [2.05, 4.69) is 26.8 Å². The number of rotatable bonds is 2. The van der Waals surface area contributed by atoms with Gasteiger partial charge in [-0.25, -0.2) is 9.37 Å². The molecule has 0 bridgehead atoms. The van der Waals surface area contributed by atoms with Crippen LogP contribution in [-0.2, 0) is 4.74 Å². The molecule has 6 nitrogen and oxygen atoms in total. The monoisotopic (exact) mass is 335 g/mol. The van der Waals surface area contributed by atoms with Crippen LogP contribution in [0.25, 0.3) is 0 Å². The highest BCUT2D eigenvalue weighted by Crippen LogP contribution is 2.41. The van der Waals surface area contributed by atoms with Gasteiger partial charge in [-0.05, 0) is 44.8 Å². The van der Waals surface area contributed by atoms with Gasteiger partial charge in [0.25, 0.3) is 0 Å². The summed E-state index contributed by atoms with van der Waals surface area (Å²) in [5, 5.41) is 0. The molecule has 0 unspecified atom stereocenters. The lowest BCUT2D eigenvalue weighted by molar-refractivity contribution is 0.122. The van der Waals surface area contributed by atoms with E-state index in [-0.39, 0.29) is 5.82 Å². The third kappa shape index (κ3) is 3.07. The summed E-state index contributed by atoms with van der Waals surface area (Å²) in [7, 11) is 2.19. The van der Waals surface area contributed by atoms with Crippen molar-refractivity contribution in [2.24, 2.45) is 5.41 Å². The van der Waals surface area contributed by atoms with E-state index in [1.807, 2.05) is 4.90 Å². The van der Waals surface area contributed by atoms with Crippen molar-refractivity contribution in [2.75, 3.05) is 69.3 Å². The smallest absolute Gasteiger partial charge is 0.227 e. The second kappa shape index (κ2) is 6.44. The number of piperidine rings is 1. The summed E-state index contributed by atoms with van der Waals surface area (Å²) in [6, 6.07) is 0. The second-order valence-corrected chi connectivity index (χ2v) is 7.42. The van der Waals surface area contributed by atoms with Gasteiger partial charge in [-0.3, -0.25) is 0 Å². The highest BCUT2D eigenvalue weighted by atomic mass is 19.1. The number of halogens is 1. The molecule has 3 aliphatic heterocycles. The van der Waals surface area contributed by atoms with Crippen LogP contribution >= 0.6 is 0 Å². The summed E-state index contributed by atoms with van der Waals surface area (Å²) >= 11 is 0. The molecule has 4 rings (SSSR count). The largest absolute Gasteiger partial charge is 0.378 e. The van der Waals surface area contributed by atoms with Crippen LogP contribution in [0.5, 0.6) is 0 Å². The van der Waals surface area contributed by atoms with Gasteiger partial charge in [0.05, 0.1) is 19.4 Å². The maximum Gasteiger partial charge on any atom is 0.227 e. The number of morpholine rings is 1. The predicted octanol–water partition coefficient (Wildman–Crippen LogP) is 1.37. The minimum Gasteiger partial charge on any atom is -0.378 e. The molecule has 1 spiro atoms. The maximum atomic E-state index is 14.2. The molecular formula is C17H26FN5O. The quantitative estimate of drug-likeness (QED) is 0.813. The van der Waals surface area contributed by atoms with Crippen molar-refractivity contribution in [2.45, 2.75) is 19.3 Å². The summed E-state index contributed by atoms with van der Waals surface area (Å²) in [4.78, 5) is 15.5. The molecule has 0 aliphatic carbocycles. The molecular weight excluding hydrogens is 309 g/mol. The first kappa shape index (κ1) is 16.0. The fourth-order valence-corrected chi connectivity index (χ4v) is 4.11. The van der Waals surface area contributed by atoms with Crippen molar-refractivity contribution < 1.29 is 9.13 Å². The van der Waals surface area contributed by atoms with Gasteiger partial charge in [0, 0.05) is 26.2 Å². The van der Waals surface area contributed by atoms with Crippen LogP contribution in [0.1, 0.15) is 19.3 Å². The summed E-state index contributed by atoms with van der Waals surface area (Å²) in [6.07, 6.45) is 4.98. The normalized spacial score (nSPS) is 24.8. The van der Waals surface area contributed by atoms with Gasteiger partial charge in [0.2, 0.25) is 5.95 Å². The number of anilines is 2. The Morgan fingerprint density at radius 3 is 2.50 bits per heavy atom. The maximum absolute atomic E-state index is 14.2. The Morgan fingerprint density at radius 1 is 1.04 bits per heavy atom. The van der Waals surface area contributed by atoms with Crippen molar-refractivity contribution in [1.29, 1.82) is 0 Å². The summed E-state index contributed by atoms with van der Waals surface area (Å²) in [5.74, 6) is 0.759. The number of aromatic nitrogens is 2. The zero-order valence-electron chi connectivity index (χ0n) is 14.4. The average molecular weight is 335 g/mol. The fourth-order valence-electron chi connectivity index (χ4n) is 4.11. The molecule has 0 amide bonds. The molecule has 24 heavy (non-hydrogen) atoms. The van der Waals surface area contributed by atoms with Crippen molar-refractivity contribution in [3.05, 3.63) is 12.0 Å². The van der Waals surface area contributed by atoms with Crippen molar-refractivity contribution >= 4 is 11.8 Å². The molecule has 0 radical (unpaired) electrons. The van der Waals surface area contributed by atoms with Crippen molar-refractivity contribution in [1.82, 2.24) is 14.9 Å². The third-order valence-electron chi connectivity index (χ3n) is 5.79. The van der Waals surface area contributed by atoms with E-state index in [1.165, 1.54) is 25.5 Å².